The zero-order valence-corrected chi connectivity index (χ0v) is 15.3. The average Bonchev–Trinajstić information content (AvgIpc) is 2.33. The monoisotopic (exact) mass is 418 g/mol. The maximum atomic E-state index is 12.4. The van der Waals surface area contributed by atoms with Gasteiger partial charge < -0.3 is 10.5 Å². The summed E-state index contributed by atoms with van der Waals surface area (Å²) >= 11 is 9.15. The zero-order chi connectivity index (χ0) is 15.0. The molecule has 0 unspecified atom stereocenters. The van der Waals surface area contributed by atoms with Crippen molar-refractivity contribution in [2.24, 2.45) is 5.73 Å². The van der Waals surface area contributed by atoms with E-state index in [4.69, 9.17) is 22.1 Å². The largest absolute Gasteiger partial charge is 0.494 e. The highest BCUT2D eigenvalue weighted by molar-refractivity contribution is 9.10. The Hall–Kier alpha value is -0.0500. The highest BCUT2D eigenvalue weighted by atomic mass is 79.9. The van der Waals surface area contributed by atoms with Crippen LogP contribution in [0.5, 0.6) is 5.75 Å². The number of sulfonamides is 1. The average molecular weight is 420 g/mol. The van der Waals surface area contributed by atoms with Gasteiger partial charge >= 0.3 is 0 Å². The zero-order valence-electron chi connectivity index (χ0n) is 11.4. The number of ether oxygens (including phenoxy) is 1. The lowest BCUT2D eigenvalue weighted by Gasteiger charge is -2.38. The normalized spacial score (nSPS) is 16.8. The first-order valence-electron chi connectivity index (χ1n) is 6.09. The van der Waals surface area contributed by atoms with Gasteiger partial charge in [0.25, 0.3) is 0 Å². The quantitative estimate of drug-likeness (QED) is 0.768. The summed E-state index contributed by atoms with van der Waals surface area (Å²) in [6, 6.07) is 2.94. The molecule has 21 heavy (non-hydrogen) atoms. The summed E-state index contributed by atoms with van der Waals surface area (Å²) in [5, 5.41) is 0.309. The van der Waals surface area contributed by atoms with Crippen LogP contribution in [0.15, 0.2) is 21.5 Å². The van der Waals surface area contributed by atoms with Crippen LogP contribution in [0.4, 0.5) is 0 Å². The molecule has 0 amide bonds. The number of halogens is 3. The number of methoxy groups -OCH3 is 1. The molecule has 5 nitrogen and oxygen atoms in total. The van der Waals surface area contributed by atoms with Crippen molar-refractivity contribution in [3.63, 3.8) is 0 Å². The molecule has 9 heteroatoms. The molecule has 0 radical (unpaired) electrons. The first-order valence-corrected chi connectivity index (χ1v) is 8.74. The summed E-state index contributed by atoms with van der Waals surface area (Å²) < 4.78 is 32.9. The first kappa shape index (κ1) is 19.0. The summed E-state index contributed by atoms with van der Waals surface area (Å²) in [4.78, 5) is 0.00213. The second kappa shape index (κ2) is 7.02. The van der Waals surface area contributed by atoms with Crippen molar-refractivity contribution < 1.29 is 13.2 Å². The van der Waals surface area contributed by atoms with Gasteiger partial charge in [-0.1, -0.05) is 11.6 Å². The van der Waals surface area contributed by atoms with E-state index >= 15 is 0 Å². The van der Waals surface area contributed by atoms with E-state index in [0.717, 1.165) is 19.3 Å². The molecule has 0 aromatic heterocycles. The molecule has 0 spiro atoms. The van der Waals surface area contributed by atoms with E-state index in [2.05, 4.69) is 20.7 Å². The highest BCUT2D eigenvalue weighted by Crippen LogP contribution is 2.35. The number of rotatable bonds is 5. The molecule has 0 bridgehead atoms. The van der Waals surface area contributed by atoms with Gasteiger partial charge in [0.1, 0.15) is 4.90 Å². The molecule has 3 N–H and O–H groups in total. The molecule has 0 heterocycles. The van der Waals surface area contributed by atoms with Gasteiger partial charge in [-0.2, -0.15) is 0 Å². The molecule has 1 aromatic rings. The molecular weight excluding hydrogens is 403 g/mol. The van der Waals surface area contributed by atoms with E-state index in [9.17, 15) is 8.42 Å². The maximum absolute atomic E-state index is 12.4. The minimum absolute atomic E-state index is 0. The fraction of sp³-hybridized carbons (Fsp3) is 0.500. The number of hydrogen-bond acceptors (Lipinski definition) is 4. The number of nitrogens with one attached hydrogen (secondary N) is 1. The summed E-state index contributed by atoms with van der Waals surface area (Å²) in [5.74, 6) is 0.224. The lowest BCUT2D eigenvalue weighted by molar-refractivity contribution is 0.251. The van der Waals surface area contributed by atoms with Gasteiger partial charge in [0.2, 0.25) is 10.0 Å². The molecular formula is C12H17BrCl2N2O3S. The van der Waals surface area contributed by atoms with Gasteiger partial charge in [-0.15, -0.1) is 12.4 Å². The smallest absolute Gasteiger partial charge is 0.244 e. The molecule has 0 aliphatic heterocycles. The Morgan fingerprint density at radius 3 is 2.57 bits per heavy atom. The van der Waals surface area contributed by atoms with Crippen molar-refractivity contribution in [1.29, 1.82) is 0 Å². The summed E-state index contributed by atoms with van der Waals surface area (Å²) in [7, 11) is -2.32. The second-order valence-corrected chi connectivity index (χ2v) is 7.99. The SMILES string of the molecule is COc1c(Br)cc(Cl)cc1S(=O)(=O)NCC1(N)CCC1.Cl. The van der Waals surface area contributed by atoms with E-state index in [1.165, 1.54) is 13.2 Å². The van der Waals surface area contributed by atoms with Gasteiger partial charge in [-0.25, -0.2) is 13.1 Å². The van der Waals surface area contributed by atoms with Crippen LogP contribution < -0.4 is 15.2 Å². The maximum Gasteiger partial charge on any atom is 0.244 e. The van der Waals surface area contributed by atoms with Crippen molar-refractivity contribution in [3.05, 3.63) is 21.6 Å². The lowest BCUT2D eigenvalue weighted by atomic mass is 9.78. The molecule has 0 atom stereocenters. The van der Waals surface area contributed by atoms with Crippen LogP contribution in [0.2, 0.25) is 5.02 Å². The number of nitrogens with two attached hydrogens (primary N) is 1. The first-order chi connectivity index (χ1) is 9.27. The van der Waals surface area contributed by atoms with Gasteiger partial charge in [-0.3, -0.25) is 0 Å². The number of hydrogen-bond donors (Lipinski definition) is 2. The van der Waals surface area contributed by atoms with Crippen LogP contribution in [-0.2, 0) is 10.0 Å². The van der Waals surface area contributed by atoms with E-state index in [-0.39, 0.29) is 29.6 Å². The third-order valence-corrected chi connectivity index (χ3v) is 5.65. The molecule has 2 rings (SSSR count). The Bertz CT molecular complexity index is 621. The fourth-order valence-electron chi connectivity index (χ4n) is 2.06. The Labute approximate surface area is 144 Å². The summed E-state index contributed by atoms with van der Waals surface area (Å²) in [6.45, 7) is 0.211. The Morgan fingerprint density at radius 2 is 2.10 bits per heavy atom. The second-order valence-electron chi connectivity index (χ2n) is 4.96. The van der Waals surface area contributed by atoms with Gasteiger partial charge in [0.05, 0.1) is 11.6 Å². The van der Waals surface area contributed by atoms with E-state index < -0.39 is 15.6 Å². The van der Waals surface area contributed by atoms with Crippen molar-refractivity contribution in [2.75, 3.05) is 13.7 Å². The van der Waals surface area contributed by atoms with E-state index in [0.29, 0.717) is 9.50 Å². The van der Waals surface area contributed by atoms with E-state index in [1.54, 1.807) is 6.07 Å². The highest BCUT2D eigenvalue weighted by Gasteiger charge is 2.34. The van der Waals surface area contributed by atoms with Gasteiger partial charge in [-0.05, 0) is 47.3 Å². The summed E-state index contributed by atoms with van der Waals surface area (Å²) in [5.41, 5.74) is 5.59. The lowest BCUT2D eigenvalue weighted by Crippen LogP contribution is -2.54. The minimum atomic E-state index is -3.73. The fourth-order valence-corrected chi connectivity index (χ4v) is 4.58. The van der Waals surface area contributed by atoms with Crippen molar-refractivity contribution >= 4 is 50.0 Å². The van der Waals surface area contributed by atoms with Crippen LogP contribution in [-0.4, -0.2) is 27.6 Å². The van der Waals surface area contributed by atoms with Crippen LogP contribution >= 0.6 is 39.9 Å². The third kappa shape index (κ3) is 4.24. The van der Waals surface area contributed by atoms with Crippen molar-refractivity contribution in [1.82, 2.24) is 4.72 Å². The third-order valence-electron chi connectivity index (χ3n) is 3.43. The molecule has 1 saturated carbocycles. The van der Waals surface area contributed by atoms with E-state index in [1.807, 2.05) is 0 Å². The van der Waals surface area contributed by atoms with Crippen LogP contribution in [0.25, 0.3) is 0 Å². The van der Waals surface area contributed by atoms with Crippen LogP contribution in [0.3, 0.4) is 0 Å². The summed E-state index contributed by atoms with van der Waals surface area (Å²) in [6.07, 6.45) is 2.68. The predicted molar refractivity (Wildman–Crippen MR) is 88.9 cm³/mol. The van der Waals surface area contributed by atoms with Crippen LogP contribution in [0, 0.1) is 0 Å². The molecule has 120 valence electrons. The van der Waals surface area contributed by atoms with Crippen molar-refractivity contribution in [3.8, 4) is 5.75 Å². The van der Waals surface area contributed by atoms with Crippen molar-refractivity contribution in [2.45, 2.75) is 29.7 Å². The molecule has 0 saturated heterocycles. The number of benzene rings is 1. The molecule has 1 fully saturated rings. The predicted octanol–water partition coefficient (Wildman–Crippen LogP) is 2.69. The standard InChI is InChI=1S/C12H16BrClN2O3S.ClH/c1-19-11-9(13)5-8(14)6-10(11)20(17,18)16-7-12(15)3-2-4-12;/h5-6,16H,2-4,7,15H2,1H3;1H. The van der Waals surface area contributed by atoms with Gasteiger partial charge in [0, 0.05) is 17.1 Å². The Morgan fingerprint density at radius 1 is 1.48 bits per heavy atom. The molecule has 1 aliphatic carbocycles. The molecule has 1 aliphatic rings. The Kier molecular flexibility index (Phi) is 6.35. The van der Waals surface area contributed by atoms with Gasteiger partial charge in [0.15, 0.2) is 5.75 Å². The Balaban J connectivity index is 0.00000220. The van der Waals surface area contributed by atoms with Crippen LogP contribution in [0.1, 0.15) is 19.3 Å². The minimum Gasteiger partial charge on any atom is -0.494 e. The molecule has 1 aromatic carbocycles. The topological polar surface area (TPSA) is 81.4 Å².